The van der Waals surface area contributed by atoms with Crippen molar-refractivity contribution in [3.05, 3.63) is 26.6 Å². The van der Waals surface area contributed by atoms with Gasteiger partial charge in [-0.05, 0) is 69.3 Å². The zero-order chi connectivity index (χ0) is 15.6. The summed E-state index contributed by atoms with van der Waals surface area (Å²) < 4.78 is 1.58. The minimum absolute atomic E-state index is 0.0415. The maximum Gasteiger partial charge on any atom is 0.322 e. The molecule has 2 rings (SSSR count). The Morgan fingerprint density at radius 2 is 1.90 bits per heavy atom. The van der Waals surface area contributed by atoms with E-state index in [-0.39, 0.29) is 25.0 Å². The molecule has 1 saturated carbocycles. The SMILES string of the molecule is Cc1cc(Br)c(NC(=O)N(CCC(=O)O)C2CC2)c(Br)c1. The molecule has 0 spiro atoms. The number of halogens is 2. The number of aryl methyl sites for hydroxylation is 1. The van der Waals surface area contributed by atoms with Crippen molar-refractivity contribution >= 4 is 49.5 Å². The van der Waals surface area contributed by atoms with E-state index in [1.165, 1.54) is 0 Å². The number of carboxylic acid groups (broad SMARTS) is 1. The first-order chi connectivity index (χ1) is 9.88. The molecule has 0 bridgehead atoms. The molecule has 2 N–H and O–H groups in total. The second-order valence-corrected chi connectivity index (χ2v) is 6.81. The molecular weight excluding hydrogens is 404 g/mol. The standard InChI is InChI=1S/C14H16Br2N2O3/c1-8-6-10(15)13(11(16)7-8)17-14(21)18(9-2-3-9)5-4-12(19)20/h6-7,9H,2-5H2,1H3,(H,17,21)(H,19,20). The van der Waals surface area contributed by atoms with Crippen LogP contribution in [-0.4, -0.2) is 34.6 Å². The molecule has 5 nitrogen and oxygen atoms in total. The van der Waals surface area contributed by atoms with Gasteiger partial charge in [0.05, 0.1) is 12.1 Å². The van der Waals surface area contributed by atoms with E-state index in [4.69, 9.17) is 5.11 Å². The molecule has 2 amide bonds. The van der Waals surface area contributed by atoms with Crippen LogP contribution in [0.4, 0.5) is 10.5 Å². The molecule has 114 valence electrons. The number of nitrogens with zero attached hydrogens (tertiary/aromatic N) is 1. The molecular formula is C14H16Br2N2O3. The summed E-state index contributed by atoms with van der Waals surface area (Å²) in [5.41, 5.74) is 1.73. The van der Waals surface area contributed by atoms with Gasteiger partial charge < -0.3 is 15.3 Å². The predicted molar refractivity (Wildman–Crippen MR) is 87.6 cm³/mol. The van der Waals surface area contributed by atoms with Crippen LogP contribution in [0, 0.1) is 6.92 Å². The van der Waals surface area contributed by atoms with Crippen molar-refractivity contribution < 1.29 is 14.7 Å². The van der Waals surface area contributed by atoms with Crippen molar-refractivity contribution in [2.24, 2.45) is 0 Å². The molecule has 0 saturated heterocycles. The van der Waals surface area contributed by atoms with E-state index in [2.05, 4.69) is 37.2 Å². The zero-order valence-corrected chi connectivity index (χ0v) is 14.7. The minimum atomic E-state index is -0.897. The van der Waals surface area contributed by atoms with Gasteiger partial charge in [0.2, 0.25) is 0 Å². The topological polar surface area (TPSA) is 69.6 Å². The Morgan fingerprint density at radius 1 is 1.33 bits per heavy atom. The van der Waals surface area contributed by atoms with Crippen LogP contribution >= 0.6 is 31.9 Å². The van der Waals surface area contributed by atoms with E-state index >= 15 is 0 Å². The van der Waals surface area contributed by atoms with Gasteiger partial charge in [0.1, 0.15) is 0 Å². The summed E-state index contributed by atoms with van der Waals surface area (Å²) in [5, 5.41) is 11.6. The van der Waals surface area contributed by atoms with Crippen molar-refractivity contribution in [2.75, 3.05) is 11.9 Å². The molecule has 1 aliphatic carbocycles. The Morgan fingerprint density at radius 3 is 2.38 bits per heavy atom. The van der Waals surface area contributed by atoms with Crippen LogP contribution in [0.25, 0.3) is 0 Å². The summed E-state index contributed by atoms with van der Waals surface area (Å²) in [7, 11) is 0. The fourth-order valence-corrected chi connectivity index (χ4v) is 3.66. The average Bonchev–Trinajstić information content (AvgIpc) is 3.18. The van der Waals surface area contributed by atoms with Crippen LogP contribution in [0.1, 0.15) is 24.8 Å². The lowest BCUT2D eigenvalue weighted by atomic mass is 10.2. The highest BCUT2D eigenvalue weighted by molar-refractivity contribution is 9.11. The molecule has 0 radical (unpaired) electrons. The molecule has 21 heavy (non-hydrogen) atoms. The summed E-state index contributed by atoms with van der Waals surface area (Å²) in [5.74, 6) is -0.897. The number of urea groups is 1. The average molecular weight is 420 g/mol. The maximum atomic E-state index is 12.4. The summed E-state index contributed by atoms with van der Waals surface area (Å²) in [6.45, 7) is 2.19. The molecule has 1 aromatic rings. The predicted octanol–water partition coefficient (Wildman–Crippen LogP) is 3.99. The van der Waals surface area contributed by atoms with Crippen molar-refractivity contribution in [1.82, 2.24) is 4.90 Å². The van der Waals surface area contributed by atoms with Crippen molar-refractivity contribution in [3.63, 3.8) is 0 Å². The van der Waals surface area contributed by atoms with E-state index < -0.39 is 5.97 Å². The Labute approximate surface area is 140 Å². The molecule has 1 fully saturated rings. The maximum absolute atomic E-state index is 12.4. The fraction of sp³-hybridized carbons (Fsp3) is 0.429. The zero-order valence-electron chi connectivity index (χ0n) is 11.5. The van der Waals surface area contributed by atoms with Crippen LogP contribution in [0.2, 0.25) is 0 Å². The van der Waals surface area contributed by atoms with E-state index in [1.807, 2.05) is 19.1 Å². The van der Waals surface area contributed by atoms with Crippen LogP contribution in [0.5, 0.6) is 0 Å². The summed E-state index contributed by atoms with van der Waals surface area (Å²) >= 11 is 6.87. The highest BCUT2D eigenvalue weighted by Gasteiger charge is 2.33. The quantitative estimate of drug-likeness (QED) is 0.757. The number of benzene rings is 1. The number of hydrogen-bond acceptors (Lipinski definition) is 2. The van der Waals surface area contributed by atoms with E-state index in [0.29, 0.717) is 5.69 Å². The number of aliphatic carboxylic acids is 1. The van der Waals surface area contributed by atoms with Crippen molar-refractivity contribution in [2.45, 2.75) is 32.2 Å². The smallest absolute Gasteiger partial charge is 0.322 e. The van der Waals surface area contributed by atoms with Crippen LogP contribution in [-0.2, 0) is 4.79 Å². The third-order valence-corrected chi connectivity index (χ3v) is 4.48. The number of carboxylic acids is 1. The number of amides is 2. The van der Waals surface area contributed by atoms with Gasteiger partial charge in [-0.3, -0.25) is 4.79 Å². The fourth-order valence-electron chi connectivity index (χ4n) is 2.05. The summed E-state index contributed by atoms with van der Waals surface area (Å²) in [6, 6.07) is 3.73. The molecule has 0 unspecified atom stereocenters. The Bertz CT molecular complexity index is 550. The second-order valence-electron chi connectivity index (χ2n) is 5.10. The Balaban J connectivity index is 2.10. The largest absolute Gasteiger partial charge is 0.481 e. The molecule has 0 aliphatic heterocycles. The van der Waals surface area contributed by atoms with Gasteiger partial charge in [-0.25, -0.2) is 4.79 Å². The van der Waals surface area contributed by atoms with Crippen LogP contribution in [0.15, 0.2) is 21.1 Å². The lowest BCUT2D eigenvalue weighted by molar-refractivity contribution is -0.137. The van der Waals surface area contributed by atoms with Crippen molar-refractivity contribution in [3.8, 4) is 0 Å². The number of carbonyl (C=O) groups excluding carboxylic acids is 1. The molecule has 1 aromatic carbocycles. The Kier molecular flexibility index (Phi) is 5.27. The van der Waals surface area contributed by atoms with Gasteiger partial charge >= 0.3 is 12.0 Å². The van der Waals surface area contributed by atoms with E-state index in [1.54, 1.807) is 4.90 Å². The molecule has 1 aliphatic rings. The molecule has 0 aromatic heterocycles. The van der Waals surface area contributed by atoms with E-state index in [9.17, 15) is 9.59 Å². The molecule has 7 heteroatoms. The van der Waals surface area contributed by atoms with Gasteiger partial charge in [0.25, 0.3) is 0 Å². The lowest BCUT2D eigenvalue weighted by Gasteiger charge is -2.23. The van der Waals surface area contributed by atoms with Crippen LogP contribution < -0.4 is 5.32 Å². The highest BCUT2D eigenvalue weighted by Crippen LogP contribution is 2.34. The minimum Gasteiger partial charge on any atom is -0.481 e. The third-order valence-electron chi connectivity index (χ3n) is 3.23. The molecule has 0 atom stereocenters. The van der Waals surface area contributed by atoms with Gasteiger partial charge in [0.15, 0.2) is 0 Å². The van der Waals surface area contributed by atoms with Crippen LogP contribution in [0.3, 0.4) is 0 Å². The number of nitrogens with one attached hydrogen (secondary N) is 1. The van der Waals surface area contributed by atoms with Gasteiger partial charge in [-0.2, -0.15) is 0 Å². The highest BCUT2D eigenvalue weighted by atomic mass is 79.9. The summed E-state index contributed by atoms with van der Waals surface area (Å²) in [6.07, 6.45) is 1.83. The van der Waals surface area contributed by atoms with E-state index in [0.717, 1.165) is 27.4 Å². The summed E-state index contributed by atoms with van der Waals surface area (Å²) in [4.78, 5) is 24.7. The third kappa shape index (κ3) is 4.44. The lowest BCUT2D eigenvalue weighted by Crippen LogP contribution is -2.38. The van der Waals surface area contributed by atoms with Gasteiger partial charge in [-0.15, -0.1) is 0 Å². The Hall–Kier alpha value is -1.08. The van der Waals surface area contributed by atoms with Gasteiger partial charge in [0, 0.05) is 21.5 Å². The first-order valence-corrected chi connectivity index (χ1v) is 8.22. The number of anilines is 1. The molecule has 0 heterocycles. The number of carbonyl (C=O) groups is 2. The first kappa shape index (κ1) is 16.3. The number of hydrogen-bond donors (Lipinski definition) is 2. The normalized spacial score (nSPS) is 13.9. The second kappa shape index (κ2) is 6.79. The van der Waals surface area contributed by atoms with Gasteiger partial charge in [-0.1, -0.05) is 0 Å². The van der Waals surface area contributed by atoms with Crippen molar-refractivity contribution in [1.29, 1.82) is 0 Å². The number of rotatable bonds is 5. The monoisotopic (exact) mass is 418 g/mol. The first-order valence-electron chi connectivity index (χ1n) is 6.63.